The number of alkyl halides is 1. The third kappa shape index (κ3) is 7.69. The predicted molar refractivity (Wildman–Crippen MR) is 195 cm³/mol. The van der Waals surface area contributed by atoms with Crippen LogP contribution in [0.4, 0.5) is 0 Å². The van der Waals surface area contributed by atoms with E-state index in [1.54, 1.807) is 29.0 Å². The first kappa shape index (κ1) is 39.1. The Balaban J connectivity index is 1.47. The van der Waals surface area contributed by atoms with Crippen molar-refractivity contribution < 1.29 is 38.5 Å². The Bertz CT molecular complexity index is 1420. The number of rotatable bonds is 17. The second kappa shape index (κ2) is 17.2. The highest BCUT2D eigenvalue weighted by molar-refractivity contribution is 9.09. The number of halogens is 1. The molecule has 4 saturated heterocycles. The Morgan fingerprint density at radius 2 is 1.88 bits per heavy atom. The summed E-state index contributed by atoms with van der Waals surface area (Å²) in [6, 6.07) is 6.98. The Kier molecular flexibility index (Phi) is 13.2. The van der Waals surface area contributed by atoms with Gasteiger partial charge in [-0.05, 0) is 31.7 Å². The lowest BCUT2D eigenvalue weighted by atomic mass is 9.70. The van der Waals surface area contributed by atoms with Crippen molar-refractivity contribution in [3.63, 3.8) is 0 Å². The minimum Gasteiger partial charge on any atom is -0.455 e. The quantitative estimate of drug-likeness (QED) is 0.145. The molecular formula is C38H53BrN4O8. The Hall–Kier alpha value is -3.10. The van der Waals surface area contributed by atoms with E-state index in [9.17, 15) is 24.3 Å². The number of esters is 1. The van der Waals surface area contributed by atoms with E-state index < -0.39 is 59.6 Å². The van der Waals surface area contributed by atoms with E-state index in [1.165, 1.54) is 4.90 Å². The number of likely N-dealkylation sites (N-methyl/N-ethyl adjacent to an activating group) is 1. The SMILES string of the molecule is C=CCCC(=O)N(C)[C@H](C)[C@H](OC(=O)[C@@H]1[C@H]2O[C@@]3(CC2Br)[C@H](C(=O)N(CC=C)CCN2CCOCC2)N([C@@H](CC)CO)C(=O)[C@@H]13)c1ccccc1. The summed E-state index contributed by atoms with van der Waals surface area (Å²) < 4.78 is 18.6. The predicted octanol–water partition coefficient (Wildman–Crippen LogP) is 2.95. The minimum absolute atomic E-state index is 0.114. The molecule has 5 rings (SSSR count). The molecule has 1 N–H and O–H groups in total. The number of morpholine rings is 1. The van der Waals surface area contributed by atoms with Crippen molar-refractivity contribution in [2.24, 2.45) is 11.8 Å². The van der Waals surface area contributed by atoms with E-state index in [0.29, 0.717) is 51.1 Å². The molecule has 0 aromatic heterocycles. The molecule has 13 heteroatoms. The monoisotopic (exact) mass is 772 g/mol. The van der Waals surface area contributed by atoms with Crippen molar-refractivity contribution in [2.75, 3.05) is 59.6 Å². The summed E-state index contributed by atoms with van der Waals surface area (Å²) in [6.45, 7) is 15.0. The lowest BCUT2D eigenvalue weighted by Gasteiger charge is -2.39. The number of carbonyl (C=O) groups excluding carboxylic acids is 4. The van der Waals surface area contributed by atoms with Gasteiger partial charge in [-0.15, -0.1) is 13.2 Å². The number of hydrogen-bond donors (Lipinski definition) is 1. The fraction of sp³-hybridized carbons (Fsp3) is 0.632. The zero-order chi connectivity index (χ0) is 36.9. The molecule has 0 saturated carbocycles. The highest BCUT2D eigenvalue weighted by Gasteiger charge is 2.77. The minimum atomic E-state index is -1.32. The van der Waals surface area contributed by atoms with Gasteiger partial charge in [-0.25, -0.2) is 0 Å². The number of likely N-dealkylation sites (tertiary alicyclic amines) is 1. The van der Waals surface area contributed by atoms with Gasteiger partial charge in [0, 0.05) is 51.0 Å². The van der Waals surface area contributed by atoms with E-state index in [-0.39, 0.29) is 36.2 Å². The van der Waals surface area contributed by atoms with Crippen molar-refractivity contribution in [1.82, 2.24) is 19.6 Å². The molecule has 1 aromatic rings. The molecule has 2 bridgehead atoms. The Morgan fingerprint density at radius 3 is 2.51 bits per heavy atom. The Labute approximate surface area is 309 Å². The summed E-state index contributed by atoms with van der Waals surface area (Å²) in [5, 5.41) is 10.5. The summed E-state index contributed by atoms with van der Waals surface area (Å²) in [6.07, 6.45) is 3.32. The van der Waals surface area contributed by atoms with Gasteiger partial charge in [0.1, 0.15) is 17.7 Å². The smallest absolute Gasteiger partial charge is 0.313 e. The van der Waals surface area contributed by atoms with Gasteiger partial charge in [-0.2, -0.15) is 0 Å². The van der Waals surface area contributed by atoms with Crippen LogP contribution in [0.25, 0.3) is 0 Å². The van der Waals surface area contributed by atoms with E-state index in [4.69, 9.17) is 14.2 Å². The largest absolute Gasteiger partial charge is 0.455 e. The van der Waals surface area contributed by atoms with Crippen LogP contribution in [0.3, 0.4) is 0 Å². The highest BCUT2D eigenvalue weighted by Crippen LogP contribution is 2.61. The van der Waals surface area contributed by atoms with Gasteiger partial charge in [-0.3, -0.25) is 24.1 Å². The van der Waals surface area contributed by atoms with Crippen molar-refractivity contribution in [1.29, 1.82) is 0 Å². The van der Waals surface area contributed by atoms with Gasteiger partial charge >= 0.3 is 5.97 Å². The third-order valence-corrected chi connectivity index (χ3v) is 12.0. The average molecular weight is 774 g/mol. The summed E-state index contributed by atoms with van der Waals surface area (Å²) >= 11 is 3.75. The van der Waals surface area contributed by atoms with Crippen molar-refractivity contribution in [3.05, 3.63) is 61.2 Å². The summed E-state index contributed by atoms with van der Waals surface area (Å²) in [7, 11) is 1.69. The topological polar surface area (TPSA) is 129 Å². The number of aliphatic hydroxyl groups excluding tert-OH is 1. The van der Waals surface area contributed by atoms with E-state index >= 15 is 0 Å². The number of amides is 3. The number of nitrogens with zero attached hydrogens (tertiary/aromatic N) is 4. The van der Waals surface area contributed by atoms with E-state index in [2.05, 4.69) is 34.0 Å². The van der Waals surface area contributed by atoms with Crippen LogP contribution in [0, 0.1) is 11.8 Å². The molecule has 1 aromatic carbocycles. The molecule has 9 atom stereocenters. The molecule has 4 fully saturated rings. The summed E-state index contributed by atoms with van der Waals surface area (Å²) in [5.74, 6) is -3.45. The fourth-order valence-electron chi connectivity index (χ4n) is 8.25. The van der Waals surface area contributed by atoms with Gasteiger partial charge < -0.3 is 34.0 Å². The fourth-order valence-corrected chi connectivity index (χ4v) is 9.20. The van der Waals surface area contributed by atoms with Crippen LogP contribution in [0.5, 0.6) is 0 Å². The molecule has 0 radical (unpaired) electrons. The second-order valence-corrected chi connectivity index (χ2v) is 15.2. The molecule has 4 aliphatic rings. The lowest BCUT2D eigenvalue weighted by Crippen LogP contribution is -2.59. The zero-order valence-electron chi connectivity index (χ0n) is 30.0. The maximum atomic E-state index is 14.8. The van der Waals surface area contributed by atoms with Crippen LogP contribution in [-0.2, 0) is 33.4 Å². The van der Waals surface area contributed by atoms with Gasteiger partial charge in [0.25, 0.3) is 0 Å². The van der Waals surface area contributed by atoms with Crippen LogP contribution in [0.2, 0.25) is 0 Å². The van der Waals surface area contributed by atoms with Crippen LogP contribution >= 0.6 is 15.9 Å². The number of carbonyl (C=O) groups is 4. The lowest BCUT2D eigenvalue weighted by molar-refractivity contribution is -0.165. The number of aliphatic hydroxyl groups is 1. The maximum Gasteiger partial charge on any atom is 0.313 e. The number of hydrogen-bond acceptors (Lipinski definition) is 9. The number of ether oxygens (including phenoxy) is 3. The Morgan fingerprint density at radius 1 is 1.18 bits per heavy atom. The van der Waals surface area contributed by atoms with Crippen molar-refractivity contribution in [2.45, 2.75) is 80.3 Å². The maximum absolute atomic E-state index is 14.8. The van der Waals surface area contributed by atoms with Gasteiger partial charge in [0.15, 0.2) is 0 Å². The molecule has 4 heterocycles. The van der Waals surface area contributed by atoms with Gasteiger partial charge in [0.2, 0.25) is 17.7 Å². The molecule has 0 aliphatic carbocycles. The second-order valence-electron chi connectivity index (χ2n) is 14.0. The molecule has 3 amide bonds. The first-order valence-electron chi connectivity index (χ1n) is 18.1. The van der Waals surface area contributed by atoms with E-state index in [1.807, 2.05) is 44.2 Å². The number of benzene rings is 1. The molecule has 1 spiro atoms. The summed E-state index contributed by atoms with van der Waals surface area (Å²) in [5.41, 5.74) is -0.613. The van der Waals surface area contributed by atoms with Crippen LogP contribution in [0.15, 0.2) is 55.6 Å². The van der Waals surface area contributed by atoms with Crippen LogP contribution in [-0.4, -0.2) is 143 Å². The normalized spacial score (nSPS) is 28.8. The zero-order valence-corrected chi connectivity index (χ0v) is 31.6. The molecular weight excluding hydrogens is 720 g/mol. The van der Waals surface area contributed by atoms with Crippen LogP contribution < -0.4 is 0 Å². The number of allylic oxidation sites excluding steroid dienone is 1. The molecule has 280 valence electrons. The van der Waals surface area contributed by atoms with E-state index in [0.717, 1.165) is 13.1 Å². The van der Waals surface area contributed by atoms with Crippen molar-refractivity contribution >= 4 is 39.6 Å². The van der Waals surface area contributed by atoms with Crippen molar-refractivity contribution in [3.8, 4) is 0 Å². The molecule has 51 heavy (non-hydrogen) atoms. The third-order valence-electron chi connectivity index (χ3n) is 11.1. The van der Waals surface area contributed by atoms with Crippen LogP contribution in [0.1, 0.15) is 51.2 Å². The standard InChI is InChI=1S/C38H53BrN4O8/c1-6-9-15-29(45)40(5)25(4)32(26-13-11-10-12-14-26)50-37(48)30-31-35(46)43(27(8-3)24-44)34(38(31)23-28(39)33(30)51-38)36(47)42(16-7-2)18-17-41-19-21-49-22-20-41/h6-7,10-14,25,27-28,30-34,44H,1-2,8-9,15-24H2,3-5H3/t25-,27+,28?,30+,31-,32+,33+,34+,38-/m1/s1. The molecule has 4 aliphatic heterocycles. The highest BCUT2D eigenvalue weighted by atomic mass is 79.9. The first-order chi connectivity index (χ1) is 24.5. The first-order valence-corrected chi connectivity index (χ1v) is 19.0. The number of fused-ring (bicyclic) bond motifs is 1. The molecule has 12 nitrogen and oxygen atoms in total. The van der Waals surface area contributed by atoms with Gasteiger partial charge in [0.05, 0.1) is 49.8 Å². The average Bonchev–Trinajstić information content (AvgIpc) is 3.75. The summed E-state index contributed by atoms with van der Waals surface area (Å²) in [4.78, 5) is 63.7. The molecule has 1 unspecified atom stereocenters. The van der Waals surface area contributed by atoms with Gasteiger partial charge in [-0.1, -0.05) is 65.3 Å².